The zero-order valence-electron chi connectivity index (χ0n) is 18.8. The SMILES string of the molecule is COc1cc(C=Cc2nc(NCCCN(C)C)c3ccccc3n2)cc(OC)c1OC. The Morgan fingerprint density at radius 3 is 2.29 bits per heavy atom. The minimum absolute atomic E-state index is 0.563. The summed E-state index contributed by atoms with van der Waals surface area (Å²) in [6.07, 6.45) is 4.85. The summed E-state index contributed by atoms with van der Waals surface area (Å²) in [6.45, 7) is 1.86. The maximum atomic E-state index is 5.44. The van der Waals surface area contributed by atoms with Crippen LogP contribution in [0.1, 0.15) is 17.8 Å². The lowest BCUT2D eigenvalue weighted by Gasteiger charge is -2.13. The molecule has 1 heterocycles. The number of rotatable bonds is 10. The Bertz CT molecular complexity index is 1030. The van der Waals surface area contributed by atoms with Crippen molar-refractivity contribution >= 4 is 28.9 Å². The third-order valence-corrected chi connectivity index (χ3v) is 4.81. The molecule has 0 spiro atoms. The van der Waals surface area contributed by atoms with Crippen molar-refractivity contribution in [2.45, 2.75) is 6.42 Å². The van der Waals surface area contributed by atoms with Crippen molar-refractivity contribution in [3.63, 3.8) is 0 Å². The molecule has 0 radical (unpaired) electrons. The molecule has 0 saturated carbocycles. The van der Waals surface area contributed by atoms with E-state index in [1.807, 2.05) is 48.6 Å². The molecule has 0 fully saturated rings. The number of nitrogens with zero attached hydrogens (tertiary/aromatic N) is 3. The second-order valence-corrected chi connectivity index (χ2v) is 7.32. The minimum atomic E-state index is 0.563. The zero-order valence-corrected chi connectivity index (χ0v) is 18.8. The molecule has 3 rings (SSSR count). The average molecular weight is 423 g/mol. The molecule has 7 heteroatoms. The van der Waals surface area contributed by atoms with E-state index in [0.717, 1.165) is 41.8 Å². The maximum absolute atomic E-state index is 5.44. The van der Waals surface area contributed by atoms with E-state index in [2.05, 4.69) is 24.3 Å². The lowest BCUT2D eigenvalue weighted by molar-refractivity contribution is 0.324. The van der Waals surface area contributed by atoms with Crippen LogP contribution in [0.3, 0.4) is 0 Å². The van der Waals surface area contributed by atoms with Crippen LogP contribution in [0.2, 0.25) is 0 Å². The summed E-state index contributed by atoms with van der Waals surface area (Å²) in [5, 5.41) is 4.48. The third-order valence-electron chi connectivity index (χ3n) is 4.81. The maximum Gasteiger partial charge on any atom is 0.203 e. The smallest absolute Gasteiger partial charge is 0.203 e. The Kier molecular flexibility index (Phi) is 7.67. The van der Waals surface area contributed by atoms with Gasteiger partial charge in [0.2, 0.25) is 5.75 Å². The van der Waals surface area contributed by atoms with Crippen molar-refractivity contribution in [3.05, 3.63) is 47.8 Å². The molecular weight excluding hydrogens is 392 g/mol. The van der Waals surface area contributed by atoms with Crippen molar-refractivity contribution in [3.8, 4) is 17.2 Å². The first kappa shape index (κ1) is 22.4. The van der Waals surface area contributed by atoms with Crippen molar-refractivity contribution in [1.82, 2.24) is 14.9 Å². The minimum Gasteiger partial charge on any atom is -0.493 e. The first-order valence-corrected chi connectivity index (χ1v) is 10.2. The van der Waals surface area contributed by atoms with Gasteiger partial charge >= 0.3 is 0 Å². The number of fused-ring (bicyclic) bond motifs is 1. The lowest BCUT2D eigenvalue weighted by atomic mass is 10.1. The quantitative estimate of drug-likeness (QED) is 0.491. The van der Waals surface area contributed by atoms with E-state index >= 15 is 0 Å². The van der Waals surface area contributed by atoms with E-state index < -0.39 is 0 Å². The molecular formula is C24H30N4O3. The van der Waals surface area contributed by atoms with Gasteiger partial charge in [0.05, 0.1) is 26.8 Å². The number of ether oxygens (including phenoxy) is 3. The van der Waals surface area contributed by atoms with Crippen LogP contribution >= 0.6 is 0 Å². The van der Waals surface area contributed by atoms with Crippen molar-refractivity contribution in [2.75, 3.05) is 53.8 Å². The highest BCUT2D eigenvalue weighted by Crippen LogP contribution is 2.38. The number of anilines is 1. The highest BCUT2D eigenvalue weighted by molar-refractivity contribution is 5.90. The second kappa shape index (κ2) is 10.6. The molecule has 7 nitrogen and oxygen atoms in total. The van der Waals surface area contributed by atoms with Gasteiger partial charge in [-0.3, -0.25) is 0 Å². The summed E-state index contributed by atoms with van der Waals surface area (Å²) >= 11 is 0. The number of aromatic nitrogens is 2. The number of hydrogen-bond donors (Lipinski definition) is 1. The molecule has 0 aliphatic carbocycles. The molecule has 0 bridgehead atoms. The largest absolute Gasteiger partial charge is 0.493 e. The van der Waals surface area contributed by atoms with Gasteiger partial charge in [-0.1, -0.05) is 18.2 Å². The number of para-hydroxylation sites is 1. The Balaban J connectivity index is 1.90. The van der Waals surface area contributed by atoms with E-state index in [4.69, 9.17) is 24.2 Å². The number of methoxy groups -OCH3 is 3. The molecule has 0 aliphatic rings. The molecule has 0 unspecified atom stereocenters. The van der Waals surface area contributed by atoms with Gasteiger partial charge in [-0.15, -0.1) is 0 Å². The van der Waals surface area contributed by atoms with E-state index in [9.17, 15) is 0 Å². The van der Waals surface area contributed by atoms with Gasteiger partial charge in [-0.05, 0) is 63.0 Å². The van der Waals surface area contributed by atoms with E-state index in [1.165, 1.54) is 0 Å². The molecule has 0 amide bonds. The normalized spacial score (nSPS) is 11.3. The fourth-order valence-electron chi connectivity index (χ4n) is 3.27. The Morgan fingerprint density at radius 1 is 0.935 bits per heavy atom. The second-order valence-electron chi connectivity index (χ2n) is 7.32. The monoisotopic (exact) mass is 422 g/mol. The van der Waals surface area contributed by atoms with Gasteiger partial charge < -0.3 is 24.4 Å². The predicted molar refractivity (Wildman–Crippen MR) is 126 cm³/mol. The van der Waals surface area contributed by atoms with Crippen LogP contribution in [0, 0.1) is 0 Å². The molecule has 164 valence electrons. The molecule has 0 saturated heterocycles. The van der Waals surface area contributed by atoms with Gasteiger partial charge in [0.15, 0.2) is 17.3 Å². The van der Waals surface area contributed by atoms with E-state index in [-0.39, 0.29) is 0 Å². The summed E-state index contributed by atoms with van der Waals surface area (Å²) in [5.74, 6) is 3.23. The predicted octanol–water partition coefficient (Wildman–Crippen LogP) is 4.19. The van der Waals surface area contributed by atoms with Gasteiger partial charge in [0.25, 0.3) is 0 Å². The van der Waals surface area contributed by atoms with E-state index in [0.29, 0.717) is 23.1 Å². The highest BCUT2D eigenvalue weighted by Gasteiger charge is 2.12. The van der Waals surface area contributed by atoms with Crippen LogP contribution in [0.5, 0.6) is 17.2 Å². The fraction of sp³-hybridized carbons (Fsp3) is 0.333. The summed E-state index contributed by atoms with van der Waals surface area (Å²) in [4.78, 5) is 11.6. The summed E-state index contributed by atoms with van der Waals surface area (Å²) in [7, 11) is 8.95. The fourth-order valence-corrected chi connectivity index (χ4v) is 3.27. The van der Waals surface area contributed by atoms with Gasteiger partial charge in [-0.2, -0.15) is 0 Å². The zero-order chi connectivity index (χ0) is 22.2. The number of nitrogens with one attached hydrogen (secondary N) is 1. The number of hydrogen-bond acceptors (Lipinski definition) is 7. The molecule has 1 N–H and O–H groups in total. The average Bonchev–Trinajstić information content (AvgIpc) is 2.79. The third kappa shape index (κ3) is 5.64. The van der Waals surface area contributed by atoms with Crippen molar-refractivity contribution in [2.24, 2.45) is 0 Å². The topological polar surface area (TPSA) is 68.7 Å². The summed E-state index contributed by atoms with van der Waals surface area (Å²) in [5.41, 5.74) is 1.80. The molecule has 3 aromatic rings. The van der Waals surface area contributed by atoms with Gasteiger partial charge in [0, 0.05) is 11.9 Å². The van der Waals surface area contributed by atoms with Crippen LogP contribution in [-0.2, 0) is 0 Å². The molecule has 31 heavy (non-hydrogen) atoms. The Morgan fingerprint density at radius 2 is 1.65 bits per heavy atom. The lowest BCUT2D eigenvalue weighted by Crippen LogP contribution is -2.16. The summed E-state index contributed by atoms with van der Waals surface area (Å²) < 4.78 is 16.3. The van der Waals surface area contributed by atoms with Crippen LogP contribution in [-0.4, -0.2) is 63.4 Å². The first-order chi connectivity index (χ1) is 15.0. The van der Waals surface area contributed by atoms with Gasteiger partial charge in [-0.25, -0.2) is 9.97 Å². The van der Waals surface area contributed by atoms with Crippen LogP contribution in [0.4, 0.5) is 5.82 Å². The summed E-state index contributed by atoms with van der Waals surface area (Å²) in [6, 6.07) is 11.8. The number of benzene rings is 2. The van der Waals surface area contributed by atoms with Gasteiger partial charge in [0.1, 0.15) is 5.82 Å². The molecule has 1 aromatic heterocycles. The van der Waals surface area contributed by atoms with Crippen LogP contribution < -0.4 is 19.5 Å². The van der Waals surface area contributed by atoms with Crippen molar-refractivity contribution < 1.29 is 14.2 Å². The Hall–Kier alpha value is -3.32. The van der Waals surface area contributed by atoms with Crippen LogP contribution in [0.25, 0.3) is 23.1 Å². The standard InChI is InChI=1S/C24H30N4O3/c1-28(2)14-8-13-25-24-18-9-6-7-10-19(18)26-22(27-24)12-11-17-15-20(29-3)23(31-5)21(16-17)30-4/h6-7,9-12,15-16H,8,13-14H2,1-5H3,(H,25,26,27). The van der Waals surface area contributed by atoms with Crippen molar-refractivity contribution in [1.29, 1.82) is 0 Å². The molecule has 0 atom stereocenters. The highest BCUT2D eigenvalue weighted by atomic mass is 16.5. The Labute approximate surface area is 183 Å². The molecule has 2 aromatic carbocycles. The first-order valence-electron chi connectivity index (χ1n) is 10.2. The molecule has 0 aliphatic heterocycles. The van der Waals surface area contributed by atoms with E-state index in [1.54, 1.807) is 21.3 Å². The van der Waals surface area contributed by atoms with Crippen LogP contribution in [0.15, 0.2) is 36.4 Å².